The van der Waals surface area contributed by atoms with Crippen LogP contribution in [-0.2, 0) is 52.6 Å². The Labute approximate surface area is 327 Å². The molecule has 19 heteroatoms. The molecule has 50 heavy (non-hydrogen) atoms. The molecule has 0 radical (unpaired) electrons. The van der Waals surface area contributed by atoms with Gasteiger partial charge in [-0.1, -0.05) is 11.6 Å². The summed E-state index contributed by atoms with van der Waals surface area (Å²) in [6, 6.07) is 6.70. The molecule has 1 amide bonds. The molecule has 0 aliphatic rings. The van der Waals surface area contributed by atoms with Gasteiger partial charge in [0.2, 0.25) is 5.91 Å². The lowest BCUT2D eigenvalue weighted by Crippen LogP contribution is -2.14. The fourth-order valence-corrected chi connectivity index (χ4v) is 2.30. The maximum Gasteiger partial charge on any atom is 0.313 e. The van der Waals surface area contributed by atoms with Gasteiger partial charge < -0.3 is 14.8 Å². The van der Waals surface area contributed by atoms with Crippen LogP contribution < -0.4 is 5.32 Å². The number of hydrogen-bond acceptors (Lipinski definition) is 11. The van der Waals surface area contributed by atoms with Gasteiger partial charge in [-0.05, 0) is 58.9 Å². The van der Waals surface area contributed by atoms with Crippen molar-refractivity contribution in [1.82, 2.24) is 0 Å². The SMILES string of the molecule is CC(=O)C(C)Cl.CC(=O)CC(=O)Nc1ccc(Cl)cc1.CC(=O)CCl.CCOC(=O)CC(=O)CCl.COC(=O)CC(=O)CCl.O=C(CCl)CCl. The number of hydrogen-bond donors (Lipinski definition) is 1. The second-order valence-corrected chi connectivity index (χ2v) is 11.3. The van der Waals surface area contributed by atoms with Crippen LogP contribution >= 0.6 is 81.2 Å². The van der Waals surface area contributed by atoms with Gasteiger partial charge in [-0.3, -0.25) is 43.2 Å². The number of anilines is 1. The zero-order valence-corrected chi connectivity index (χ0v) is 33.7. The molecule has 0 aromatic heterocycles. The van der Waals surface area contributed by atoms with Crippen LogP contribution in [0.2, 0.25) is 5.02 Å². The smallest absolute Gasteiger partial charge is 0.313 e. The van der Waals surface area contributed by atoms with Crippen molar-refractivity contribution >= 4 is 139 Å². The number of benzene rings is 1. The van der Waals surface area contributed by atoms with Crippen LogP contribution in [0.25, 0.3) is 0 Å². The zero-order valence-electron chi connectivity index (χ0n) is 28.4. The lowest BCUT2D eigenvalue weighted by Gasteiger charge is -2.02. The topological polar surface area (TPSA) is 184 Å². The number of carbonyl (C=O) groups excluding carboxylic acids is 9. The number of rotatable bonds is 14. The molecule has 1 atom stereocenters. The van der Waals surface area contributed by atoms with E-state index in [1.807, 2.05) is 0 Å². The summed E-state index contributed by atoms with van der Waals surface area (Å²) in [7, 11) is 1.23. The highest BCUT2D eigenvalue weighted by atomic mass is 35.5. The Bertz CT molecular complexity index is 1160. The van der Waals surface area contributed by atoms with Gasteiger partial charge >= 0.3 is 11.9 Å². The Morgan fingerprint density at radius 1 is 0.660 bits per heavy atom. The predicted octanol–water partition coefficient (Wildman–Crippen LogP) is 6.41. The van der Waals surface area contributed by atoms with Gasteiger partial charge in [-0.15, -0.1) is 69.6 Å². The van der Waals surface area contributed by atoms with E-state index in [1.165, 1.54) is 27.9 Å². The molecule has 0 saturated heterocycles. The van der Waals surface area contributed by atoms with E-state index in [0.717, 1.165) is 0 Å². The largest absolute Gasteiger partial charge is 0.469 e. The van der Waals surface area contributed by atoms with Crippen LogP contribution in [0.4, 0.5) is 5.69 Å². The normalized spacial score (nSPS) is 9.46. The van der Waals surface area contributed by atoms with E-state index in [0.29, 0.717) is 17.3 Å². The third-order valence-corrected chi connectivity index (χ3v) is 6.23. The first-order chi connectivity index (χ1) is 23.2. The first kappa shape index (κ1) is 57.0. The van der Waals surface area contributed by atoms with Crippen molar-refractivity contribution in [3.05, 3.63) is 29.3 Å². The van der Waals surface area contributed by atoms with Crippen molar-refractivity contribution in [2.24, 2.45) is 0 Å². The number of amides is 1. The van der Waals surface area contributed by atoms with Crippen molar-refractivity contribution in [1.29, 1.82) is 0 Å². The molecule has 286 valence electrons. The van der Waals surface area contributed by atoms with E-state index in [9.17, 15) is 43.2 Å². The first-order valence-electron chi connectivity index (χ1n) is 14.0. The highest BCUT2D eigenvalue weighted by molar-refractivity contribution is 6.35. The van der Waals surface area contributed by atoms with E-state index >= 15 is 0 Å². The Morgan fingerprint density at radius 3 is 1.30 bits per heavy atom. The molecule has 0 fully saturated rings. The van der Waals surface area contributed by atoms with Crippen molar-refractivity contribution in [3.63, 3.8) is 0 Å². The molecule has 0 aliphatic heterocycles. The molecule has 1 N–H and O–H groups in total. The van der Waals surface area contributed by atoms with Crippen molar-refractivity contribution < 1.29 is 52.6 Å². The third-order valence-electron chi connectivity index (χ3n) is 4.10. The second-order valence-electron chi connectivity index (χ2n) is 8.88. The lowest BCUT2D eigenvalue weighted by molar-refractivity contribution is -0.145. The second kappa shape index (κ2) is 39.5. The molecule has 0 heterocycles. The van der Waals surface area contributed by atoms with Crippen LogP contribution in [0.1, 0.15) is 53.9 Å². The van der Waals surface area contributed by atoms with Gasteiger partial charge in [0, 0.05) is 10.7 Å². The molecule has 1 aromatic rings. The van der Waals surface area contributed by atoms with Gasteiger partial charge in [0.15, 0.2) is 17.3 Å². The molecular formula is C31H42Cl7NO11. The molecule has 1 rings (SSSR count). The summed E-state index contributed by atoms with van der Waals surface area (Å²) in [5, 5.41) is 2.87. The van der Waals surface area contributed by atoms with E-state index in [1.54, 1.807) is 38.1 Å². The van der Waals surface area contributed by atoms with Crippen molar-refractivity contribution in [3.8, 4) is 0 Å². The van der Waals surface area contributed by atoms with Crippen LogP contribution in [0, 0.1) is 0 Å². The molecule has 12 nitrogen and oxygen atoms in total. The van der Waals surface area contributed by atoms with Gasteiger partial charge in [0.05, 0.1) is 54.9 Å². The molecule has 0 saturated carbocycles. The fourth-order valence-electron chi connectivity index (χ4n) is 1.70. The number of ketones is 6. The highest BCUT2D eigenvalue weighted by Gasteiger charge is 2.08. The Balaban J connectivity index is -0.000000169. The zero-order chi connectivity index (χ0) is 40.2. The standard InChI is InChI=1S/C10H10ClNO2.C6H9ClO3.C5H7ClO3.C4H7ClO.C3H4Cl2O.C3H5ClO/c1-7(13)6-10(14)12-9-4-2-8(11)3-5-9;1-2-10-6(9)3-5(8)4-7;1-9-5(8)2-4(7)3-6;1-3(5)4(2)6;4-1-3(6)2-5;1-3(5)2-4/h2-5H,6H2,1H3,(H,12,14);2-4H2,1H3;2-3H2,1H3;3H,1-2H3;1-2H2;2H2,1H3. The minimum absolute atomic E-state index is 0.0201. The number of alkyl halides is 6. The summed E-state index contributed by atoms with van der Waals surface area (Å²) in [6.45, 7) is 7.94. The number of carbonyl (C=O) groups is 9. The number of ether oxygens (including phenoxy) is 2. The quantitative estimate of drug-likeness (QED) is 0.124. The van der Waals surface area contributed by atoms with E-state index in [2.05, 4.69) is 14.8 Å². The highest BCUT2D eigenvalue weighted by Crippen LogP contribution is 2.13. The molecular weight excluding hydrogens is 811 g/mol. The summed E-state index contributed by atoms with van der Waals surface area (Å²) in [6.07, 6.45) is -0.528. The molecule has 1 unspecified atom stereocenters. The predicted molar refractivity (Wildman–Crippen MR) is 199 cm³/mol. The average Bonchev–Trinajstić information content (AvgIpc) is 3.06. The molecule has 0 bridgehead atoms. The number of Topliss-reactive ketones (excluding diaryl/α,β-unsaturated/α-hetero) is 6. The van der Waals surface area contributed by atoms with E-state index < -0.39 is 11.9 Å². The summed E-state index contributed by atoms with van der Waals surface area (Å²) >= 11 is 36.2. The number of methoxy groups -OCH3 is 1. The fraction of sp³-hybridized carbons (Fsp3) is 0.516. The minimum atomic E-state index is -0.541. The maximum atomic E-state index is 11.1. The monoisotopic (exact) mass is 849 g/mol. The summed E-state index contributed by atoms with van der Waals surface area (Å²) in [4.78, 5) is 93.0. The minimum Gasteiger partial charge on any atom is -0.469 e. The third kappa shape index (κ3) is 50.1. The number of nitrogens with one attached hydrogen (secondary N) is 1. The van der Waals surface area contributed by atoms with Gasteiger partial charge in [-0.2, -0.15) is 0 Å². The average molecular weight is 853 g/mol. The van der Waals surface area contributed by atoms with Crippen molar-refractivity contribution in [2.45, 2.75) is 59.3 Å². The van der Waals surface area contributed by atoms with Crippen LogP contribution in [0.5, 0.6) is 0 Å². The summed E-state index contributed by atoms with van der Waals surface area (Å²) in [5.74, 6) is -2.27. The number of halogens is 7. The first-order valence-corrected chi connectivity index (χ1v) is 17.5. The summed E-state index contributed by atoms with van der Waals surface area (Å²) < 4.78 is 8.70. The number of esters is 2. The Kier molecular flexibility index (Phi) is 45.0. The van der Waals surface area contributed by atoms with E-state index in [-0.39, 0.29) is 94.6 Å². The Morgan fingerprint density at radius 2 is 1.04 bits per heavy atom. The van der Waals surface area contributed by atoms with Gasteiger partial charge in [0.25, 0.3) is 0 Å². The Hall–Kier alpha value is -2.32. The van der Waals surface area contributed by atoms with Crippen LogP contribution in [0.15, 0.2) is 24.3 Å². The van der Waals surface area contributed by atoms with Crippen molar-refractivity contribution in [2.75, 3.05) is 48.4 Å². The summed E-state index contributed by atoms with van der Waals surface area (Å²) in [5.41, 5.74) is 0.639. The van der Waals surface area contributed by atoms with Gasteiger partial charge in [-0.25, -0.2) is 0 Å². The lowest BCUT2D eigenvalue weighted by atomic mass is 10.2. The van der Waals surface area contributed by atoms with Gasteiger partial charge in [0.1, 0.15) is 30.2 Å². The van der Waals surface area contributed by atoms with Crippen LogP contribution in [-0.4, -0.2) is 101 Å². The molecule has 0 spiro atoms. The van der Waals surface area contributed by atoms with E-state index in [4.69, 9.17) is 81.2 Å². The van der Waals surface area contributed by atoms with Crippen LogP contribution in [0.3, 0.4) is 0 Å². The maximum absolute atomic E-state index is 11.1. The molecule has 0 aliphatic carbocycles. The molecule has 1 aromatic carbocycles.